The fraction of sp³-hybridized carbons (Fsp3) is 0.593. The number of amides is 2. The van der Waals surface area contributed by atoms with Gasteiger partial charge in [0.2, 0.25) is 11.8 Å². The van der Waals surface area contributed by atoms with Gasteiger partial charge in [-0.3, -0.25) is 14.5 Å². The van der Waals surface area contributed by atoms with E-state index in [-0.39, 0.29) is 33.7 Å². The van der Waals surface area contributed by atoms with E-state index < -0.39 is 12.0 Å². The van der Waals surface area contributed by atoms with E-state index in [0.29, 0.717) is 50.4 Å². The topological polar surface area (TPSA) is 87.2 Å². The summed E-state index contributed by atoms with van der Waals surface area (Å²) in [5, 5.41) is 10.0. The van der Waals surface area contributed by atoms with Crippen LogP contribution in [-0.2, 0) is 14.3 Å². The van der Waals surface area contributed by atoms with Crippen molar-refractivity contribution in [3.8, 4) is 11.8 Å². The van der Waals surface area contributed by atoms with Crippen molar-refractivity contribution < 1.29 is 24.2 Å². The van der Waals surface area contributed by atoms with E-state index in [1.807, 2.05) is 27.7 Å². The maximum absolute atomic E-state index is 14.0. The van der Waals surface area contributed by atoms with Gasteiger partial charge in [0.1, 0.15) is 10.9 Å². The van der Waals surface area contributed by atoms with Crippen LogP contribution in [0.15, 0.2) is 17.7 Å². The van der Waals surface area contributed by atoms with Gasteiger partial charge in [0, 0.05) is 24.4 Å². The number of hydrogen-bond acceptors (Lipinski definition) is 5. The minimum atomic E-state index is -1.13. The van der Waals surface area contributed by atoms with Crippen LogP contribution < -0.4 is 4.90 Å². The Morgan fingerprint density at radius 1 is 1.29 bits per heavy atom. The fourth-order valence-corrected chi connectivity index (χ4v) is 5.15. The normalized spacial score (nSPS) is 19.3. The zero-order valence-electron chi connectivity index (χ0n) is 21.3. The Morgan fingerprint density at radius 2 is 1.97 bits per heavy atom. The highest BCUT2D eigenvalue weighted by molar-refractivity contribution is 7.15. The van der Waals surface area contributed by atoms with Crippen molar-refractivity contribution in [1.29, 1.82) is 0 Å². The average Bonchev–Trinajstić information content (AvgIpc) is 3.25. The zero-order chi connectivity index (χ0) is 25.8. The molecule has 1 N–H and O–H groups in total. The minimum absolute atomic E-state index is 0.0346. The Morgan fingerprint density at radius 3 is 2.51 bits per heavy atom. The van der Waals surface area contributed by atoms with Gasteiger partial charge in [-0.2, -0.15) is 0 Å². The number of rotatable bonds is 6. The number of thiophene rings is 1. The average molecular weight is 501 g/mol. The third-order valence-corrected chi connectivity index (χ3v) is 7.29. The fourth-order valence-electron chi connectivity index (χ4n) is 4.31. The molecule has 8 heteroatoms. The van der Waals surface area contributed by atoms with Gasteiger partial charge in [-0.25, -0.2) is 4.79 Å². The van der Waals surface area contributed by atoms with E-state index in [0.717, 1.165) is 17.8 Å². The Balaban J connectivity index is 2.09. The highest BCUT2D eigenvalue weighted by Crippen LogP contribution is 2.36. The van der Waals surface area contributed by atoms with E-state index in [1.165, 1.54) is 10.5 Å². The number of hydrogen-bond donors (Lipinski definition) is 1. The van der Waals surface area contributed by atoms with Crippen molar-refractivity contribution in [3.05, 3.63) is 27.5 Å². The molecule has 2 amide bonds. The third-order valence-electron chi connectivity index (χ3n) is 6.26. The third kappa shape index (κ3) is 6.74. The Hall–Kier alpha value is -2.63. The lowest BCUT2D eigenvalue weighted by Gasteiger charge is -2.37. The highest BCUT2D eigenvalue weighted by Gasteiger charge is 2.39. The van der Waals surface area contributed by atoms with Crippen LogP contribution in [0, 0.1) is 23.2 Å². The smallest absolute Gasteiger partial charge is 0.348 e. The molecule has 0 aromatic carbocycles. The van der Waals surface area contributed by atoms with Crippen molar-refractivity contribution in [2.45, 2.75) is 66.3 Å². The first-order valence-electron chi connectivity index (χ1n) is 12.3. The molecule has 35 heavy (non-hydrogen) atoms. The van der Waals surface area contributed by atoms with Crippen LogP contribution in [0.1, 0.15) is 74.9 Å². The van der Waals surface area contributed by atoms with Crippen molar-refractivity contribution in [2.24, 2.45) is 11.3 Å². The number of morpholine rings is 1. The maximum atomic E-state index is 14.0. The van der Waals surface area contributed by atoms with Gasteiger partial charge in [-0.05, 0) is 59.4 Å². The second-order valence-corrected chi connectivity index (χ2v) is 11.3. The largest absolute Gasteiger partial charge is 0.477 e. The van der Waals surface area contributed by atoms with Gasteiger partial charge in [0.15, 0.2) is 0 Å². The van der Waals surface area contributed by atoms with Crippen molar-refractivity contribution in [1.82, 2.24) is 4.90 Å². The number of carbonyl (C=O) groups excluding carboxylic acids is 2. The molecule has 1 aromatic heterocycles. The highest BCUT2D eigenvalue weighted by atomic mass is 32.1. The molecule has 0 spiro atoms. The number of carbonyl (C=O) groups is 3. The molecule has 2 heterocycles. The minimum Gasteiger partial charge on any atom is -0.477 e. The number of allylic oxidation sites excluding steroid dienone is 2. The van der Waals surface area contributed by atoms with Gasteiger partial charge in [0.05, 0.1) is 23.8 Å². The summed E-state index contributed by atoms with van der Waals surface area (Å²) in [5.41, 5.74) is 1.26. The van der Waals surface area contributed by atoms with Gasteiger partial charge in [-0.15, -0.1) is 11.3 Å². The molecule has 0 radical (unpaired) electrons. The van der Waals surface area contributed by atoms with Crippen molar-refractivity contribution in [2.75, 3.05) is 31.2 Å². The quantitative estimate of drug-likeness (QED) is 0.457. The zero-order valence-corrected chi connectivity index (χ0v) is 22.2. The van der Waals surface area contributed by atoms with E-state index in [9.17, 15) is 19.5 Å². The standard InChI is InChI=1S/C27H36N2O5S/c1-6-21(25(31)28-13-15-34-16-14-28)29(24(30)19-9-7-18(2)8-10-19)22-17-20(11-12-27(3,4)5)35-23(22)26(32)33/h7,17,19,21H,6,8-10,13-16H2,1-5H3,(H,32,33)/t19-,21-/m0/s1. The molecule has 0 bridgehead atoms. The van der Waals surface area contributed by atoms with Gasteiger partial charge < -0.3 is 14.7 Å². The molecular weight excluding hydrogens is 464 g/mol. The first-order valence-corrected chi connectivity index (χ1v) is 13.1. The number of nitrogens with zero attached hydrogens (tertiary/aromatic N) is 2. The summed E-state index contributed by atoms with van der Waals surface area (Å²) < 4.78 is 5.40. The number of carboxylic acid groups (broad SMARTS) is 1. The maximum Gasteiger partial charge on any atom is 0.348 e. The van der Waals surface area contributed by atoms with Crippen molar-refractivity contribution in [3.63, 3.8) is 0 Å². The SMILES string of the molecule is CC[C@@H](C(=O)N1CCOCC1)N(C(=O)[C@H]1CC=C(C)CC1)c1cc(C#CC(C)(C)C)sc1C(=O)O. The second-order valence-electron chi connectivity index (χ2n) is 10.2. The predicted molar refractivity (Wildman–Crippen MR) is 138 cm³/mol. The van der Waals surface area contributed by atoms with E-state index in [1.54, 1.807) is 11.0 Å². The van der Waals surface area contributed by atoms with Crippen LogP contribution in [-0.4, -0.2) is 60.1 Å². The summed E-state index contributed by atoms with van der Waals surface area (Å²) in [6, 6.07) is 0.882. The molecule has 0 unspecified atom stereocenters. The Labute approximate surface area is 212 Å². The van der Waals surface area contributed by atoms with Crippen LogP contribution in [0.25, 0.3) is 0 Å². The molecule has 2 aliphatic rings. The molecule has 2 atom stereocenters. The first-order chi connectivity index (χ1) is 16.5. The second kappa shape index (κ2) is 11.4. The lowest BCUT2D eigenvalue weighted by atomic mass is 9.88. The number of carboxylic acids is 1. The van der Waals surface area contributed by atoms with Crippen LogP contribution in [0.3, 0.4) is 0 Å². The van der Waals surface area contributed by atoms with Gasteiger partial charge >= 0.3 is 5.97 Å². The molecule has 190 valence electrons. The predicted octanol–water partition coefficient (Wildman–Crippen LogP) is 4.56. The van der Waals surface area contributed by atoms with Crippen LogP contribution in [0.4, 0.5) is 5.69 Å². The van der Waals surface area contributed by atoms with E-state index in [4.69, 9.17) is 4.74 Å². The lowest BCUT2D eigenvalue weighted by Crippen LogP contribution is -2.55. The first kappa shape index (κ1) is 27.0. The summed E-state index contributed by atoms with van der Waals surface area (Å²) in [6.07, 6.45) is 4.54. The summed E-state index contributed by atoms with van der Waals surface area (Å²) in [6.45, 7) is 11.7. The molecule has 1 fully saturated rings. The van der Waals surface area contributed by atoms with Crippen LogP contribution in [0.2, 0.25) is 0 Å². The molecule has 1 aliphatic carbocycles. The van der Waals surface area contributed by atoms with Crippen molar-refractivity contribution >= 4 is 34.8 Å². The molecule has 1 saturated heterocycles. The molecule has 0 saturated carbocycles. The number of anilines is 1. The number of aromatic carboxylic acids is 1. The van der Waals surface area contributed by atoms with Gasteiger partial charge in [-0.1, -0.05) is 30.4 Å². The van der Waals surface area contributed by atoms with Crippen LogP contribution in [0.5, 0.6) is 0 Å². The van der Waals surface area contributed by atoms with E-state index in [2.05, 4.69) is 24.8 Å². The monoisotopic (exact) mass is 500 g/mol. The summed E-state index contributed by atoms with van der Waals surface area (Å²) in [4.78, 5) is 43.7. The molecular formula is C27H36N2O5S. The van der Waals surface area contributed by atoms with Gasteiger partial charge in [0.25, 0.3) is 0 Å². The summed E-state index contributed by atoms with van der Waals surface area (Å²) in [7, 11) is 0. The van der Waals surface area contributed by atoms with E-state index >= 15 is 0 Å². The summed E-state index contributed by atoms with van der Waals surface area (Å²) in [5.74, 6) is 4.43. The Bertz CT molecular complexity index is 1050. The number of ether oxygens (including phenoxy) is 1. The summed E-state index contributed by atoms with van der Waals surface area (Å²) >= 11 is 1.05. The van der Waals surface area contributed by atoms with Crippen LogP contribution >= 0.6 is 11.3 Å². The lowest BCUT2D eigenvalue weighted by molar-refractivity contribution is -0.138. The molecule has 3 rings (SSSR count). The Kier molecular flexibility index (Phi) is 8.79. The molecule has 7 nitrogen and oxygen atoms in total. The molecule has 1 aromatic rings. The molecule has 1 aliphatic heterocycles.